The fourth-order valence-electron chi connectivity index (χ4n) is 2.07. The van der Waals surface area contributed by atoms with Gasteiger partial charge < -0.3 is 10.2 Å². The molecule has 1 aromatic rings. The van der Waals surface area contributed by atoms with Crippen molar-refractivity contribution in [3.05, 3.63) is 29.3 Å². The number of benzene rings is 1. The van der Waals surface area contributed by atoms with E-state index in [-0.39, 0.29) is 11.9 Å². The van der Waals surface area contributed by atoms with Crippen LogP contribution in [0.4, 0.5) is 5.69 Å². The highest BCUT2D eigenvalue weighted by atomic mass is 35.5. The first-order valence-electron chi connectivity index (χ1n) is 5.96. The number of carbonyl (C=O) groups excluding carboxylic acids is 1. The quantitative estimate of drug-likeness (QED) is 0.833. The first-order chi connectivity index (χ1) is 8.16. The fraction of sp³-hybridized carbons (Fsp3) is 0.462. The maximum Gasteiger partial charge on any atom is 0.228 e. The average molecular weight is 253 g/mol. The Kier molecular flexibility index (Phi) is 4.02. The largest absolute Gasteiger partial charge is 0.314 e. The molecule has 4 heteroatoms. The zero-order valence-corrected chi connectivity index (χ0v) is 10.7. The molecule has 2 rings (SSSR count). The van der Waals surface area contributed by atoms with Gasteiger partial charge in [-0.2, -0.15) is 0 Å². The van der Waals surface area contributed by atoms with Gasteiger partial charge in [0.2, 0.25) is 5.91 Å². The van der Waals surface area contributed by atoms with E-state index in [9.17, 15) is 4.79 Å². The molecule has 0 radical (unpaired) electrons. The van der Waals surface area contributed by atoms with Gasteiger partial charge in [0.1, 0.15) is 0 Å². The molecule has 0 aromatic heterocycles. The Hall–Kier alpha value is -1.06. The summed E-state index contributed by atoms with van der Waals surface area (Å²) in [6, 6.07) is 7.72. The van der Waals surface area contributed by atoms with E-state index >= 15 is 0 Å². The van der Waals surface area contributed by atoms with Crippen LogP contribution < -0.4 is 10.2 Å². The van der Waals surface area contributed by atoms with E-state index in [1.807, 2.05) is 36.1 Å². The standard InChI is InChI=1S/C13H17ClN2O/c1-10-8-13(17)16(7-3-6-15-10)12-5-2-4-11(14)9-12/h2,4-5,9-10,15H,3,6-8H2,1H3. The van der Waals surface area contributed by atoms with Crippen molar-refractivity contribution in [2.45, 2.75) is 25.8 Å². The molecular weight excluding hydrogens is 236 g/mol. The first kappa shape index (κ1) is 12.4. The molecule has 1 saturated heterocycles. The molecule has 1 atom stereocenters. The third-order valence-electron chi connectivity index (χ3n) is 2.95. The van der Waals surface area contributed by atoms with Gasteiger partial charge >= 0.3 is 0 Å². The van der Waals surface area contributed by atoms with Crippen LogP contribution in [0.1, 0.15) is 19.8 Å². The topological polar surface area (TPSA) is 32.3 Å². The van der Waals surface area contributed by atoms with Gasteiger partial charge in [0.25, 0.3) is 0 Å². The van der Waals surface area contributed by atoms with Crippen molar-refractivity contribution in [3.8, 4) is 0 Å². The number of halogens is 1. The van der Waals surface area contributed by atoms with E-state index in [4.69, 9.17) is 11.6 Å². The van der Waals surface area contributed by atoms with Crippen LogP contribution in [0, 0.1) is 0 Å². The van der Waals surface area contributed by atoms with Crippen LogP contribution in [0.3, 0.4) is 0 Å². The van der Waals surface area contributed by atoms with E-state index in [0.29, 0.717) is 11.4 Å². The van der Waals surface area contributed by atoms with E-state index in [0.717, 1.165) is 25.2 Å². The van der Waals surface area contributed by atoms with Crippen LogP contribution in [0.2, 0.25) is 5.02 Å². The minimum atomic E-state index is 0.159. The van der Waals surface area contributed by atoms with Crippen LogP contribution in [0.15, 0.2) is 24.3 Å². The summed E-state index contributed by atoms with van der Waals surface area (Å²) in [6.07, 6.45) is 1.50. The summed E-state index contributed by atoms with van der Waals surface area (Å²) in [5, 5.41) is 3.99. The Morgan fingerprint density at radius 3 is 3.06 bits per heavy atom. The number of anilines is 1. The highest BCUT2D eigenvalue weighted by Crippen LogP contribution is 2.21. The van der Waals surface area contributed by atoms with Crippen molar-refractivity contribution in [2.75, 3.05) is 18.0 Å². The second-order valence-electron chi connectivity index (χ2n) is 4.44. The summed E-state index contributed by atoms with van der Waals surface area (Å²) < 4.78 is 0. The van der Waals surface area contributed by atoms with E-state index in [1.54, 1.807) is 0 Å². The molecule has 0 saturated carbocycles. The summed E-state index contributed by atoms with van der Waals surface area (Å²) in [5.74, 6) is 0.159. The third kappa shape index (κ3) is 3.20. The predicted octanol–water partition coefficient (Wildman–Crippen LogP) is 2.44. The molecule has 1 heterocycles. The monoisotopic (exact) mass is 252 g/mol. The van der Waals surface area contributed by atoms with Crippen molar-refractivity contribution in [1.82, 2.24) is 5.32 Å². The molecule has 1 aromatic carbocycles. The summed E-state index contributed by atoms with van der Waals surface area (Å²) >= 11 is 5.96. The lowest BCUT2D eigenvalue weighted by Crippen LogP contribution is -2.42. The molecular formula is C13H17ClN2O. The van der Waals surface area contributed by atoms with Crippen molar-refractivity contribution in [2.24, 2.45) is 0 Å². The molecule has 3 nitrogen and oxygen atoms in total. The second-order valence-corrected chi connectivity index (χ2v) is 4.87. The molecule has 0 aliphatic carbocycles. The molecule has 1 N–H and O–H groups in total. The SMILES string of the molecule is CC1CC(=O)N(c2cccc(Cl)c2)CCCN1. The maximum absolute atomic E-state index is 12.1. The summed E-state index contributed by atoms with van der Waals surface area (Å²) in [5.41, 5.74) is 0.900. The minimum Gasteiger partial charge on any atom is -0.314 e. The first-order valence-corrected chi connectivity index (χ1v) is 6.34. The highest BCUT2D eigenvalue weighted by Gasteiger charge is 2.20. The number of hydrogen-bond donors (Lipinski definition) is 1. The second kappa shape index (κ2) is 5.52. The number of rotatable bonds is 1. The van der Waals surface area contributed by atoms with Gasteiger partial charge in [-0.3, -0.25) is 4.79 Å². The molecule has 1 fully saturated rings. The van der Waals surface area contributed by atoms with Gasteiger partial charge in [-0.25, -0.2) is 0 Å². The van der Waals surface area contributed by atoms with E-state index in [2.05, 4.69) is 5.32 Å². The summed E-state index contributed by atoms with van der Waals surface area (Å²) in [7, 11) is 0. The normalized spacial score (nSPS) is 22.1. The van der Waals surface area contributed by atoms with E-state index in [1.165, 1.54) is 0 Å². The van der Waals surface area contributed by atoms with Gasteiger partial charge in [-0.1, -0.05) is 17.7 Å². The lowest BCUT2D eigenvalue weighted by molar-refractivity contribution is -0.119. The lowest BCUT2D eigenvalue weighted by Gasteiger charge is -2.27. The van der Waals surface area contributed by atoms with Crippen molar-refractivity contribution in [1.29, 1.82) is 0 Å². The Morgan fingerprint density at radius 2 is 2.29 bits per heavy atom. The number of amides is 1. The minimum absolute atomic E-state index is 0.159. The number of carbonyl (C=O) groups is 1. The Bertz CT molecular complexity index is 408. The molecule has 1 amide bonds. The van der Waals surface area contributed by atoms with Crippen molar-refractivity contribution < 1.29 is 4.79 Å². The van der Waals surface area contributed by atoms with Gasteiger partial charge in [0.05, 0.1) is 0 Å². The molecule has 0 bridgehead atoms. The van der Waals surface area contributed by atoms with Gasteiger partial charge in [0.15, 0.2) is 0 Å². The maximum atomic E-state index is 12.1. The molecule has 1 aliphatic heterocycles. The number of hydrogen-bond acceptors (Lipinski definition) is 2. The van der Waals surface area contributed by atoms with Gasteiger partial charge in [-0.05, 0) is 38.1 Å². The van der Waals surface area contributed by atoms with Crippen LogP contribution >= 0.6 is 11.6 Å². The zero-order valence-electron chi connectivity index (χ0n) is 9.95. The average Bonchev–Trinajstić information content (AvgIpc) is 2.26. The van der Waals surface area contributed by atoms with Crippen LogP contribution in [-0.4, -0.2) is 25.0 Å². The number of nitrogens with one attached hydrogen (secondary N) is 1. The smallest absolute Gasteiger partial charge is 0.228 e. The third-order valence-corrected chi connectivity index (χ3v) is 3.19. The van der Waals surface area contributed by atoms with Crippen LogP contribution in [0.25, 0.3) is 0 Å². The predicted molar refractivity (Wildman–Crippen MR) is 70.5 cm³/mol. The lowest BCUT2D eigenvalue weighted by atomic mass is 10.1. The molecule has 1 unspecified atom stereocenters. The highest BCUT2D eigenvalue weighted by molar-refractivity contribution is 6.30. The van der Waals surface area contributed by atoms with Crippen LogP contribution in [0.5, 0.6) is 0 Å². The van der Waals surface area contributed by atoms with Crippen molar-refractivity contribution in [3.63, 3.8) is 0 Å². The Balaban J connectivity index is 2.19. The molecule has 17 heavy (non-hydrogen) atoms. The molecule has 1 aliphatic rings. The fourth-order valence-corrected chi connectivity index (χ4v) is 2.26. The van der Waals surface area contributed by atoms with E-state index < -0.39 is 0 Å². The number of nitrogens with zero attached hydrogens (tertiary/aromatic N) is 1. The Labute approximate surface area is 107 Å². The summed E-state index contributed by atoms with van der Waals surface area (Å²) in [4.78, 5) is 14.0. The Morgan fingerprint density at radius 1 is 1.47 bits per heavy atom. The van der Waals surface area contributed by atoms with Crippen molar-refractivity contribution >= 4 is 23.2 Å². The molecule has 0 spiro atoms. The molecule has 92 valence electrons. The van der Waals surface area contributed by atoms with Gasteiger partial charge in [0, 0.05) is 29.7 Å². The summed E-state index contributed by atoms with van der Waals surface area (Å²) in [6.45, 7) is 3.74. The van der Waals surface area contributed by atoms with Crippen LogP contribution in [-0.2, 0) is 4.79 Å². The zero-order chi connectivity index (χ0) is 12.3. The van der Waals surface area contributed by atoms with Gasteiger partial charge in [-0.15, -0.1) is 0 Å².